The van der Waals surface area contributed by atoms with Gasteiger partial charge in [-0.2, -0.15) is 12.6 Å². The van der Waals surface area contributed by atoms with Gasteiger partial charge in [-0.15, -0.1) is 0 Å². The van der Waals surface area contributed by atoms with Crippen molar-refractivity contribution in [1.82, 2.24) is 41.9 Å². The second-order valence-corrected chi connectivity index (χ2v) is 13.9. The van der Waals surface area contributed by atoms with Crippen molar-refractivity contribution in [1.29, 1.82) is 0 Å². The van der Waals surface area contributed by atoms with Crippen molar-refractivity contribution < 1.29 is 73.2 Å². The van der Waals surface area contributed by atoms with E-state index in [1.54, 1.807) is 0 Å². The lowest BCUT2D eigenvalue weighted by Gasteiger charge is -2.24. The first-order chi connectivity index (χ1) is 30.1. The Balaban J connectivity index is 2.07. The molecule has 0 bridgehead atoms. The molecule has 0 radical (unpaired) electrons. The minimum atomic E-state index is -1.86. The van der Waals surface area contributed by atoms with Gasteiger partial charge in [-0.1, -0.05) is 0 Å². The number of nitrogens with zero attached hydrogens (tertiary/aromatic N) is 2. The van der Waals surface area contributed by atoms with Gasteiger partial charge in [0.25, 0.3) is 11.8 Å². The Morgan fingerprint density at radius 3 is 1.80 bits per heavy atom. The Morgan fingerprint density at radius 1 is 0.688 bits per heavy atom. The van der Waals surface area contributed by atoms with Crippen molar-refractivity contribution >= 4 is 89.4 Å². The van der Waals surface area contributed by atoms with Crippen molar-refractivity contribution in [3.05, 3.63) is 47.4 Å². The molecule has 0 aliphatic rings. The summed E-state index contributed by atoms with van der Waals surface area (Å²) < 4.78 is 0. The molecular weight excluding hydrogens is 873 g/mol. The number of carbonyl (C=O) groups excluding carboxylic acids is 7. The molecule has 1 heterocycles. The molecule has 27 nitrogen and oxygen atoms in total. The van der Waals surface area contributed by atoms with Crippen LogP contribution in [0.4, 0.5) is 11.5 Å². The number of carbonyl (C=O) groups is 11. The van der Waals surface area contributed by atoms with E-state index in [0.29, 0.717) is 11.4 Å². The van der Waals surface area contributed by atoms with Crippen LogP contribution in [0.3, 0.4) is 0 Å². The monoisotopic (exact) mass is 920 g/mol. The summed E-state index contributed by atoms with van der Waals surface area (Å²) in [6.45, 7) is -0.774. The first-order valence-electron chi connectivity index (χ1n) is 18.9. The third-order valence-corrected chi connectivity index (χ3v) is 8.94. The average Bonchev–Trinajstić information content (AvgIpc) is 3.23. The van der Waals surface area contributed by atoms with Gasteiger partial charge in [0.15, 0.2) is 11.5 Å². The number of hydrogen-bond donors (Lipinski definition) is 15. The van der Waals surface area contributed by atoms with E-state index in [2.05, 4.69) is 59.8 Å². The maximum atomic E-state index is 13.3. The number of anilines is 2. The SMILES string of the molecule is NCCCC(NC(=O)C(CC(=O)O)NC(=O)CCC(NC(=O)c1ccc(NCc2cnc(N)c(C(N)=O)n2)cc1)C(=O)O)C(=O)NC(CC(=O)O)C(=O)NCC(=O)NC(CS)C(=O)O. The van der Waals surface area contributed by atoms with Crippen LogP contribution in [0.25, 0.3) is 0 Å². The van der Waals surface area contributed by atoms with Gasteiger partial charge in [-0.25, -0.2) is 19.6 Å². The molecule has 0 spiro atoms. The summed E-state index contributed by atoms with van der Waals surface area (Å²) in [6.07, 6.45) is -2.08. The zero-order valence-electron chi connectivity index (χ0n) is 33.7. The van der Waals surface area contributed by atoms with E-state index in [1.807, 2.05) is 0 Å². The number of carboxylic acids is 4. The summed E-state index contributed by atoms with van der Waals surface area (Å²) in [4.78, 5) is 143. The molecule has 348 valence electrons. The molecule has 1 aromatic carbocycles. The van der Waals surface area contributed by atoms with E-state index in [-0.39, 0.29) is 48.8 Å². The molecule has 5 atom stereocenters. The van der Waals surface area contributed by atoms with Crippen LogP contribution < -0.4 is 54.4 Å². The Hall–Kier alpha value is -7.62. The molecular formula is C36H48N12O15S. The smallest absolute Gasteiger partial charge is 0.327 e. The van der Waals surface area contributed by atoms with Crippen LogP contribution in [-0.4, -0.2) is 145 Å². The fourth-order valence-corrected chi connectivity index (χ4v) is 5.55. The van der Waals surface area contributed by atoms with E-state index in [9.17, 15) is 68.1 Å². The van der Waals surface area contributed by atoms with Gasteiger partial charge in [0.2, 0.25) is 29.5 Å². The van der Waals surface area contributed by atoms with Gasteiger partial charge < -0.3 is 74.8 Å². The van der Waals surface area contributed by atoms with Gasteiger partial charge in [-0.05, 0) is 50.1 Å². The number of aliphatic carboxylic acids is 4. The van der Waals surface area contributed by atoms with Gasteiger partial charge >= 0.3 is 23.9 Å². The highest BCUT2D eigenvalue weighted by Crippen LogP contribution is 2.13. The number of primary amides is 1. The first-order valence-corrected chi connectivity index (χ1v) is 19.5. The van der Waals surface area contributed by atoms with Crippen LogP contribution in [0.5, 0.6) is 0 Å². The number of carboxylic acid groups (broad SMARTS) is 4. The number of nitrogens with one attached hydrogen (secondary N) is 7. The summed E-state index contributed by atoms with van der Waals surface area (Å²) >= 11 is 3.79. The quantitative estimate of drug-likeness (QED) is 0.0358. The molecule has 17 N–H and O–H groups in total. The van der Waals surface area contributed by atoms with Crippen LogP contribution >= 0.6 is 12.6 Å². The lowest BCUT2D eigenvalue weighted by atomic mass is 10.1. The molecule has 7 amide bonds. The van der Waals surface area contributed by atoms with Gasteiger partial charge in [0.05, 0.1) is 37.8 Å². The second-order valence-electron chi connectivity index (χ2n) is 13.5. The Labute approximate surface area is 367 Å². The van der Waals surface area contributed by atoms with Crippen molar-refractivity contribution in [2.45, 2.75) is 75.3 Å². The lowest BCUT2D eigenvalue weighted by Crippen LogP contribution is -2.58. The van der Waals surface area contributed by atoms with Gasteiger partial charge in [-0.3, -0.25) is 43.2 Å². The molecule has 0 saturated heterocycles. The average molecular weight is 921 g/mol. The molecule has 1 aromatic heterocycles. The Morgan fingerprint density at radius 2 is 1.25 bits per heavy atom. The predicted octanol–water partition coefficient (Wildman–Crippen LogP) is -4.51. The molecule has 0 aliphatic heterocycles. The number of aromatic nitrogens is 2. The van der Waals surface area contributed by atoms with E-state index < -0.39 is 128 Å². The fraction of sp³-hybridized carbons (Fsp3) is 0.417. The molecule has 5 unspecified atom stereocenters. The number of nitrogens with two attached hydrogens (primary N) is 3. The Kier molecular flexibility index (Phi) is 21.3. The highest BCUT2D eigenvalue weighted by atomic mass is 32.1. The molecule has 0 fully saturated rings. The van der Waals surface area contributed by atoms with Crippen molar-refractivity contribution in [3.63, 3.8) is 0 Å². The van der Waals surface area contributed by atoms with Crippen molar-refractivity contribution in [2.75, 3.05) is 29.9 Å². The van der Waals surface area contributed by atoms with E-state index in [1.165, 1.54) is 30.5 Å². The molecule has 0 saturated carbocycles. The predicted molar refractivity (Wildman–Crippen MR) is 222 cm³/mol. The third kappa shape index (κ3) is 18.2. The normalized spacial score (nSPS) is 13.0. The number of nitrogen functional groups attached to an aromatic ring is 1. The largest absolute Gasteiger partial charge is 0.481 e. The summed E-state index contributed by atoms with van der Waals surface area (Å²) in [5.41, 5.74) is 17.0. The zero-order valence-corrected chi connectivity index (χ0v) is 34.6. The summed E-state index contributed by atoms with van der Waals surface area (Å²) in [6, 6.07) is -2.66. The number of rotatable bonds is 28. The lowest BCUT2D eigenvalue weighted by molar-refractivity contribution is -0.142. The number of amides is 7. The van der Waals surface area contributed by atoms with Gasteiger partial charge in [0, 0.05) is 23.4 Å². The molecule has 64 heavy (non-hydrogen) atoms. The number of benzene rings is 1. The van der Waals surface area contributed by atoms with Crippen LogP contribution in [0, 0.1) is 0 Å². The molecule has 0 aliphatic carbocycles. The highest BCUT2D eigenvalue weighted by Gasteiger charge is 2.32. The summed E-state index contributed by atoms with van der Waals surface area (Å²) in [5.74, 6) is -13.8. The second kappa shape index (κ2) is 26.0. The summed E-state index contributed by atoms with van der Waals surface area (Å²) in [7, 11) is 0. The maximum absolute atomic E-state index is 13.3. The molecule has 2 aromatic rings. The standard InChI is InChI=1S/C36H48N12O15S/c37-9-1-2-19(33(58)48-21(10-26(51)52)32(57)42-14-25(50)45-23(15-64)36(62)63)46-34(59)22(11-27(53)54)44-24(49)8-7-20(35(60)61)47-31(56)16-3-5-17(6-4-16)40-12-18-13-41-29(38)28(43-18)30(39)55/h3-6,13,19-23,40,64H,1-2,7-12,14-15,37H2,(H2,38,41)(H2,39,55)(H,42,57)(H,44,49)(H,45,50)(H,46,59)(H,47,56)(H,48,58)(H,51,52)(H,53,54)(H,60,61)(H,62,63). The third-order valence-electron chi connectivity index (χ3n) is 8.58. The van der Waals surface area contributed by atoms with Crippen LogP contribution in [0.1, 0.15) is 65.1 Å². The minimum absolute atomic E-state index is 0.0221. The van der Waals surface area contributed by atoms with Gasteiger partial charge in [0.1, 0.15) is 30.2 Å². The molecule has 2 rings (SSSR count). The van der Waals surface area contributed by atoms with Crippen LogP contribution in [0.2, 0.25) is 0 Å². The highest BCUT2D eigenvalue weighted by molar-refractivity contribution is 7.80. The first kappa shape index (κ1) is 52.5. The zero-order chi connectivity index (χ0) is 48.1. The van der Waals surface area contributed by atoms with Crippen molar-refractivity contribution in [3.8, 4) is 0 Å². The Bertz CT molecular complexity index is 2070. The topological polar surface area (TPSA) is 457 Å². The van der Waals surface area contributed by atoms with E-state index in [4.69, 9.17) is 22.3 Å². The summed E-state index contributed by atoms with van der Waals surface area (Å²) in [5, 5.41) is 53.5. The van der Waals surface area contributed by atoms with Crippen LogP contribution in [-0.2, 0) is 49.7 Å². The number of thiol groups is 1. The minimum Gasteiger partial charge on any atom is -0.481 e. The molecule has 28 heteroatoms. The van der Waals surface area contributed by atoms with E-state index in [0.717, 1.165) is 0 Å². The van der Waals surface area contributed by atoms with Crippen molar-refractivity contribution in [2.24, 2.45) is 11.5 Å². The van der Waals surface area contributed by atoms with Crippen LogP contribution in [0.15, 0.2) is 30.5 Å². The fourth-order valence-electron chi connectivity index (χ4n) is 5.30. The number of hydrogen-bond acceptors (Lipinski definition) is 17. The maximum Gasteiger partial charge on any atom is 0.327 e. The van der Waals surface area contributed by atoms with E-state index >= 15 is 0 Å².